The van der Waals surface area contributed by atoms with Crippen LogP contribution < -0.4 is 20.5 Å². The van der Waals surface area contributed by atoms with Gasteiger partial charge >= 0.3 is 0 Å². The molecular weight excluding hydrogens is 530 g/mol. The fraction of sp³-hybridized carbons (Fsp3) is 0.172. The molecule has 3 aromatic carbocycles. The fourth-order valence-electron chi connectivity index (χ4n) is 3.71. The number of aromatic nitrogens is 4. The molecular formula is C29H30ClN7O3. The van der Waals surface area contributed by atoms with Crippen molar-refractivity contribution in [2.75, 3.05) is 45.4 Å². The van der Waals surface area contributed by atoms with Crippen molar-refractivity contribution >= 4 is 40.2 Å². The summed E-state index contributed by atoms with van der Waals surface area (Å²) in [4.78, 5) is 30.4. The van der Waals surface area contributed by atoms with E-state index in [1.807, 2.05) is 44.4 Å². The van der Waals surface area contributed by atoms with Gasteiger partial charge < -0.3 is 25.1 Å². The van der Waals surface area contributed by atoms with Crippen molar-refractivity contribution in [3.05, 3.63) is 90.0 Å². The molecule has 1 amide bonds. The second-order valence-electron chi connectivity index (χ2n) is 8.87. The number of carbonyl (C=O) groups is 1. The van der Waals surface area contributed by atoms with Gasteiger partial charge in [0.05, 0.1) is 18.2 Å². The van der Waals surface area contributed by atoms with E-state index in [0.29, 0.717) is 39.9 Å². The summed E-state index contributed by atoms with van der Waals surface area (Å²) in [6.45, 7) is 1.63. The molecule has 0 unspecified atom stereocenters. The maximum absolute atomic E-state index is 12.7. The first-order chi connectivity index (χ1) is 19.4. The van der Waals surface area contributed by atoms with E-state index in [1.54, 1.807) is 56.2 Å². The molecule has 2 aromatic heterocycles. The number of ether oxygens (including phenoxy) is 2. The van der Waals surface area contributed by atoms with Crippen LogP contribution >= 0.6 is 11.6 Å². The number of likely N-dealkylation sites (N-methyl/N-ethyl adjacent to an activating group) is 1. The van der Waals surface area contributed by atoms with E-state index in [1.165, 1.54) is 0 Å². The number of benzene rings is 3. The van der Waals surface area contributed by atoms with Gasteiger partial charge in [0, 0.05) is 53.2 Å². The van der Waals surface area contributed by atoms with E-state index in [9.17, 15) is 4.79 Å². The molecule has 0 fully saturated rings. The number of hydrogen-bond acceptors (Lipinski definition) is 8. The number of aromatic amines is 1. The van der Waals surface area contributed by atoms with Gasteiger partial charge in [-0.3, -0.25) is 20.1 Å². The van der Waals surface area contributed by atoms with Crippen molar-refractivity contribution in [3.63, 3.8) is 0 Å². The summed E-state index contributed by atoms with van der Waals surface area (Å²) in [7, 11) is 5.63. The number of amides is 1. The number of halogens is 1. The fourth-order valence-corrected chi connectivity index (χ4v) is 3.93. The van der Waals surface area contributed by atoms with Crippen LogP contribution in [0.2, 0.25) is 5.02 Å². The van der Waals surface area contributed by atoms with Crippen LogP contribution in [0.25, 0.3) is 22.2 Å². The smallest absolute Gasteiger partial charge is 0.260 e. The van der Waals surface area contributed by atoms with Gasteiger partial charge in [-0.1, -0.05) is 17.7 Å². The summed E-state index contributed by atoms with van der Waals surface area (Å²) >= 11 is 6.39. The Labute approximate surface area is 237 Å². The third-order valence-electron chi connectivity index (χ3n) is 5.75. The molecule has 0 spiro atoms. The molecule has 40 heavy (non-hydrogen) atoms. The molecule has 0 saturated carbocycles. The Bertz CT molecular complexity index is 1560. The first-order valence-corrected chi connectivity index (χ1v) is 12.7. The highest BCUT2D eigenvalue weighted by molar-refractivity contribution is 6.33. The van der Waals surface area contributed by atoms with E-state index in [-0.39, 0.29) is 5.91 Å². The number of nitrogen functional groups attached to an aromatic ring is 1. The van der Waals surface area contributed by atoms with Gasteiger partial charge in [0.25, 0.3) is 5.91 Å². The van der Waals surface area contributed by atoms with Gasteiger partial charge in [0.2, 0.25) is 5.95 Å². The Morgan fingerprint density at radius 3 is 2.35 bits per heavy atom. The standard InChI is InChI=1S/C19H14ClN5O2.C10H16N2O/c1-27-11-2-5-15(20)14(10-11)12-3-4-13(17-16(12)21-6-7-22-17)18(26)25-19-23-8-9-24-19;1-12(2)7-8-13-10-5-3-9(11)4-6-10/h2-10H,1H3,(H2,23,24,25,26);3-6H,7-8,11H2,1-2H3. The lowest BCUT2D eigenvalue weighted by Gasteiger charge is -2.12. The summed E-state index contributed by atoms with van der Waals surface area (Å²) in [6, 6.07) is 16.3. The lowest BCUT2D eigenvalue weighted by Crippen LogP contribution is -2.19. The second-order valence-corrected chi connectivity index (χ2v) is 9.28. The minimum atomic E-state index is -0.335. The summed E-state index contributed by atoms with van der Waals surface area (Å²) < 4.78 is 10.8. The van der Waals surface area contributed by atoms with E-state index in [4.69, 9.17) is 26.8 Å². The van der Waals surface area contributed by atoms with Crippen molar-refractivity contribution in [2.24, 2.45) is 0 Å². The number of carbonyl (C=O) groups excluding carboxylic acids is 1. The Morgan fingerprint density at radius 2 is 1.68 bits per heavy atom. The molecule has 0 radical (unpaired) electrons. The highest BCUT2D eigenvalue weighted by Crippen LogP contribution is 2.35. The molecule has 0 aliphatic rings. The third kappa shape index (κ3) is 7.25. The van der Waals surface area contributed by atoms with Gasteiger partial charge in [-0.25, -0.2) is 4.98 Å². The SMILES string of the molecule is CN(C)CCOc1ccc(N)cc1.COc1ccc(Cl)c(-c2ccc(C(=O)Nc3ncc[nH]3)c3nccnc23)c1. The van der Waals surface area contributed by atoms with Crippen LogP contribution in [0.1, 0.15) is 10.4 Å². The Kier molecular flexibility index (Phi) is 9.50. The number of anilines is 2. The Balaban J connectivity index is 0.000000240. The average molecular weight is 560 g/mol. The van der Waals surface area contributed by atoms with Crippen LogP contribution in [0.3, 0.4) is 0 Å². The molecule has 0 atom stereocenters. The first-order valence-electron chi connectivity index (χ1n) is 12.4. The zero-order valence-corrected chi connectivity index (χ0v) is 23.1. The van der Waals surface area contributed by atoms with E-state index >= 15 is 0 Å². The molecule has 0 bridgehead atoms. The predicted molar refractivity (Wildman–Crippen MR) is 158 cm³/mol. The van der Waals surface area contributed by atoms with Gasteiger partial charge in [-0.15, -0.1) is 0 Å². The maximum atomic E-state index is 12.7. The zero-order valence-electron chi connectivity index (χ0n) is 22.4. The average Bonchev–Trinajstić information content (AvgIpc) is 3.47. The topological polar surface area (TPSA) is 131 Å². The highest BCUT2D eigenvalue weighted by atomic mass is 35.5. The number of H-pyrrole nitrogens is 1. The zero-order chi connectivity index (χ0) is 28.5. The minimum absolute atomic E-state index is 0.335. The van der Waals surface area contributed by atoms with Crippen LogP contribution in [0.15, 0.2) is 79.4 Å². The summed E-state index contributed by atoms with van der Waals surface area (Å²) in [5, 5.41) is 3.25. The van der Waals surface area contributed by atoms with Crippen LogP contribution in [0.5, 0.6) is 11.5 Å². The number of nitrogens with two attached hydrogens (primary N) is 1. The number of hydrogen-bond donors (Lipinski definition) is 3. The highest BCUT2D eigenvalue weighted by Gasteiger charge is 2.18. The monoisotopic (exact) mass is 559 g/mol. The number of fused-ring (bicyclic) bond motifs is 1. The normalized spacial score (nSPS) is 10.6. The summed E-state index contributed by atoms with van der Waals surface area (Å²) in [5.74, 6) is 1.57. The maximum Gasteiger partial charge on any atom is 0.260 e. The van der Waals surface area contributed by atoms with Crippen LogP contribution in [0, 0.1) is 0 Å². The molecule has 0 aliphatic carbocycles. The Morgan fingerprint density at radius 1 is 0.950 bits per heavy atom. The van der Waals surface area contributed by atoms with Gasteiger partial charge in [-0.05, 0) is 62.6 Å². The van der Waals surface area contributed by atoms with Crippen LogP contribution in [-0.4, -0.2) is 65.1 Å². The molecule has 2 heterocycles. The number of methoxy groups -OCH3 is 1. The second kappa shape index (κ2) is 13.4. The minimum Gasteiger partial charge on any atom is -0.497 e. The Hall–Kier alpha value is -4.67. The first kappa shape index (κ1) is 28.3. The third-order valence-corrected chi connectivity index (χ3v) is 6.08. The van der Waals surface area contributed by atoms with Gasteiger partial charge in [-0.2, -0.15) is 0 Å². The molecule has 5 rings (SSSR count). The molecule has 5 aromatic rings. The van der Waals surface area contributed by atoms with Crippen molar-refractivity contribution in [1.82, 2.24) is 24.8 Å². The molecule has 0 aliphatic heterocycles. The van der Waals surface area contributed by atoms with Crippen molar-refractivity contribution in [3.8, 4) is 22.6 Å². The number of rotatable bonds is 8. The van der Waals surface area contributed by atoms with Crippen LogP contribution in [-0.2, 0) is 0 Å². The number of nitrogens with zero attached hydrogens (tertiary/aromatic N) is 4. The van der Waals surface area contributed by atoms with Gasteiger partial charge in [0.15, 0.2) is 0 Å². The van der Waals surface area contributed by atoms with E-state index in [2.05, 4.69) is 30.2 Å². The molecule has 0 saturated heterocycles. The van der Waals surface area contributed by atoms with Crippen molar-refractivity contribution in [2.45, 2.75) is 0 Å². The lowest BCUT2D eigenvalue weighted by molar-refractivity contribution is 0.102. The van der Waals surface area contributed by atoms with Crippen molar-refractivity contribution < 1.29 is 14.3 Å². The largest absolute Gasteiger partial charge is 0.497 e. The summed E-state index contributed by atoms with van der Waals surface area (Å²) in [6.07, 6.45) is 6.31. The van der Waals surface area contributed by atoms with Crippen molar-refractivity contribution in [1.29, 1.82) is 0 Å². The quantitative estimate of drug-likeness (QED) is 0.223. The molecule has 4 N–H and O–H groups in total. The van der Waals surface area contributed by atoms with E-state index in [0.717, 1.165) is 29.1 Å². The lowest BCUT2D eigenvalue weighted by atomic mass is 10.0. The number of imidazole rings is 1. The predicted octanol–water partition coefficient (Wildman–Crippen LogP) is 5.14. The molecule has 10 nitrogen and oxygen atoms in total. The van der Waals surface area contributed by atoms with Crippen LogP contribution in [0.4, 0.5) is 11.6 Å². The van der Waals surface area contributed by atoms with Gasteiger partial charge in [0.1, 0.15) is 23.6 Å². The van der Waals surface area contributed by atoms with E-state index < -0.39 is 0 Å². The molecule has 11 heteroatoms. The number of nitrogens with one attached hydrogen (secondary N) is 2. The summed E-state index contributed by atoms with van der Waals surface area (Å²) in [5.41, 5.74) is 9.24. The molecule has 206 valence electrons.